The zero-order chi connectivity index (χ0) is 14.0. The van der Waals surface area contributed by atoms with E-state index in [-0.39, 0.29) is 11.9 Å². The number of guanidine groups is 1. The highest BCUT2D eigenvalue weighted by Crippen LogP contribution is 1.90. The highest BCUT2D eigenvalue weighted by atomic mass is 16.1. The first-order valence-electron chi connectivity index (χ1n) is 6.79. The molecule has 0 aliphatic rings. The van der Waals surface area contributed by atoms with Gasteiger partial charge in [-0.2, -0.15) is 0 Å². The molecule has 2 atom stereocenters. The van der Waals surface area contributed by atoms with E-state index in [9.17, 15) is 4.79 Å². The predicted molar refractivity (Wildman–Crippen MR) is 76.8 cm³/mol. The number of aliphatic imine (C=N–C) groups is 1. The fraction of sp³-hybridized carbons (Fsp3) is 0.846. The van der Waals surface area contributed by atoms with E-state index in [2.05, 4.69) is 41.7 Å². The largest absolute Gasteiger partial charge is 0.356 e. The van der Waals surface area contributed by atoms with E-state index in [1.165, 1.54) is 0 Å². The van der Waals surface area contributed by atoms with Crippen LogP contribution in [0, 0.1) is 0 Å². The molecule has 0 aliphatic heterocycles. The lowest BCUT2D eigenvalue weighted by Crippen LogP contribution is -2.43. The van der Waals surface area contributed by atoms with Crippen molar-refractivity contribution >= 4 is 11.9 Å². The summed E-state index contributed by atoms with van der Waals surface area (Å²) in [6.07, 6.45) is 2.46. The van der Waals surface area contributed by atoms with Gasteiger partial charge in [-0.05, 0) is 26.7 Å². The summed E-state index contributed by atoms with van der Waals surface area (Å²) < 4.78 is 0. The third kappa shape index (κ3) is 7.92. The van der Waals surface area contributed by atoms with Crippen LogP contribution in [-0.2, 0) is 4.79 Å². The lowest BCUT2D eigenvalue weighted by atomic mass is 10.2. The Labute approximate surface area is 111 Å². The molecule has 0 heterocycles. The maximum Gasteiger partial charge on any atom is 0.221 e. The molecule has 0 fully saturated rings. The average molecular weight is 256 g/mol. The van der Waals surface area contributed by atoms with Crippen molar-refractivity contribution in [2.24, 2.45) is 4.99 Å². The van der Waals surface area contributed by atoms with Crippen LogP contribution in [0.3, 0.4) is 0 Å². The van der Waals surface area contributed by atoms with Crippen LogP contribution in [0.2, 0.25) is 0 Å². The van der Waals surface area contributed by atoms with Crippen LogP contribution in [0.1, 0.15) is 47.0 Å². The number of nitrogens with zero attached hydrogens (tertiary/aromatic N) is 1. The van der Waals surface area contributed by atoms with Gasteiger partial charge in [-0.25, -0.2) is 0 Å². The van der Waals surface area contributed by atoms with Gasteiger partial charge in [-0.1, -0.05) is 13.8 Å². The molecule has 2 unspecified atom stereocenters. The van der Waals surface area contributed by atoms with E-state index in [0.717, 1.165) is 18.8 Å². The molecular formula is C13H28N4O. The number of carbonyl (C=O) groups is 1. The minimum atomic E-state index is 0.0795. The minimum Gasteiger partial charge on any atom is -0.356 e. The highest BCUT2D eigenvalue weighted by Gasteiger charge is 2.06. The van der Waals surface area contributed by atoms with Crippen LogP contribution in [0.4, 0.5) is 0 Å². The van der Waals surface area contributed by atoms with Crippen LogP contribution >= 0.6 is 0 Å². The van der Waals surface area contributed by atoms with E-state index in [1.54, 1.807) is 7.05 Å². The number of nitrogens with one attached hydrogen (secondary N) is 3. The fourth-order valence-corrected chi connectivity index (χ4v) is 1.27. The van der Waals surface area contributed by atoms with E-state index in [4.69, 9.17) is 0 Å². The summed E-state index contributed by atoms with van der Waals surface area (Å²) in [6, 6.07) is 0.625. The zero-order valence-corrected chi connectivity index (χ0v) is 12.3. The molecule has 1 amide bonds. The maximum absolute atomic E-state index is 11.5. The summed E-state index contributed by atoms with van der Waals surface area (Å²) in [6.45, 7) is 8.88. The molecule has 0 aromatic heterocycles. The van der Waals surface area contributed by atoms with Crippen molar-refractivity contribution in [3.63, 3.8) is 0 Å². The van der Waals surface area contributed by atoms with Gasteiger partial charge in [0.25, 0.3) is 0 Å². The Balaban J connectivity index is 3.84. The molecule has 0 bridgehead atoms. The second-order valence-electron chi connectivity index (χ2n) is 4.58. The second kappa shape index (κ2) is 9.74. The molecule has 0 saturated carbocycles. The van der Waals surface area contributed by atoms with Crippen molar-refractivity contribution in [1.82, 2.24) is 16.0 Å². The van der Waals surface area contributed by atoms with Gasteiger partial charge in [-0.15, -0.1) is 0 Å². The van der Waals surface area contributed by atoms with Crippen molar-refractivity contribution in [3.8, 4) is 0 Å². The first-order chi connectivity index (χ1) is 8.53. The molecule has 0 saturated heterocycles. The van der Waals surface area contributed by atoms with Crippen LogP contribution in [0.5, 0.6) is 0 Å². The van der Waals surface area contributed by atoms with E-state index in [1.807, 2.05) is 6.92 Å². The Bertz CT molecular complexity index is 266. The summed E-state index contributed by atoms with van der Waals surface area (Å²) in [7, 11) is 1.73. The molecule has 3 N–H and O–H groups in total. The Morgan fingerprint density at radius 1 is 1.11 bits per heavy atom. The molecule has 0 radical (unpaired) electrons. The lowest BCUT2D eigenvalue weighted by molar-refractivity contribution is -0.121. The average Bonchev–Trinajstić information content (AvgIpc) is 2.36. The molecule has 5 nitrogen and oxygen atoms in total. The summed E-state index contributed by atoms with van der Waals surface area (Å²) in [5, 5.41) is 9.32. The fourth-order valence-electron chi connectivity index (χ4n) is 1.27. The molecule has 106 valence electrons. The zero-order valence-electron chi connectivity index (χ0n) is 12.3. The smallest absolute Gasteiger partial charge is 0.221 e. The molecule has 0 aromatic rings. The SMILES string of the molecule is CCC(C)NC(=O)CCNC(=NC)NC(C)CC. The van der Waals surface area contributed by atoms with Crippen molar-refractivity contribution in [2.45, 2.75) is 59.0 Å². The van der Waals surface area contributed by atoms with E-state index in [0.29, 0.717) is 19.0 Å². The maximum atomic E-state index is 11.5. The van der Waals surface area contributed by atoms with Gasteiger partial charge in [-0.3, -0.25) is 9.79 Å². The summed E-state index contributed by atoms with van der Waals surface area (Å²) in [5.74, 6) is 0.830. The van der Waals surface area contributed by atoms with Crippen LogP contribution in [-0.4, -0.2) is 37.5 Å². The van der Waals surface area contributed by atoms with Gasteiger partial charge in [0.15, 0.2) is 5.96 Å². The Morgan fingerprint density at radius 3 is 2.17 bits per heavy atom. The Kier molecular flexibility index (Phi) is 9.06. The van der Waals surface area contributed by atoms with Crippen molar-refractivity contribution in [3.05, 3.63) is 0 Å². The normalized spacial score (nSPS) is 14.8. The number of amides is 1. The molecule has 18 heavy (non-hydrogen) atoms. The summed E-state index contributed by atoms with van der Waals surface area (Å²) >= 11 is 0. The van der Waals surface area contributed by atoms with Crippen LogP contribution in [0.15, 0.2) is 4.99 Å². The monoisotopic (exact) mass is 256 g/mol. The van der Waals surface area contributed by atoms with E-state index < -0.39 is 0 Å². The molecular weight excluding hydrogens is 228 g/mol. The first kappa shape index (κ1) is 16.7. The molecule has 5 heteroatoms. The lowest BCUT2D eigenvalue weighted by Gasteiger charge is -2.16. The third-order valence-corrected chi connectivity index (χ3v) is 2.88. The molecule has 0 rings (SSSR count). The van der Waals surface area contributed by atoms with Crippen LogP contribution in [0.25, 0.3) is 0 Å². The minimum absolute atomic E-state index is 0.0795. The number of hydrogen-bond donors (Lipinski definition) is 3. The molecule has 0 aromatic carbocycles. The highest BCUT2D eigenvalue weighted by molar-refractivity contribution is 5.81. The Hall–Kier alpha value is -1.26. The predicted octanol–water partition coefficient (Wildman–Crippen LogP) is 1.25. The number of hydrogen-bond acceptors (Lipinski definition) is 2. The molecule has 0 spiro atoms. The van der Waals surface area contributed by atoms with Gasteiger partial charge in [0.2, 0.25) is 5.91 Å². The van der Waals surface area contributed by atoms with Crippen LogP contribution < -0.4 is 16.0 Å². The standard InChI is InChI=1S/C13H28N4O/c1-6-10(3)16-12(18)8-9-15-13(14-5)17-11(4)7-2/h10-11H,6-9H2,1-5H3,(H,16,18)(H2,14,15,17). The van der Waals surface area contributed by atoms with Gasteiger partial charge in [0.1, 0.15) is 0 Å². The topological polar surface area (TPSA) is 65.5 Å². The third-order valence-electron chi connectivity index (χ3n) is 2.88. The molecule has 0 aliphatic carbocycles. The van der Waals surface area contributed by atoms with Gasteiger partial charge in [0.05, 0.1) is 0 Å². The summed E-state index contributed by atoms with van der Waals surface area (Å²) in [4.78, 5) is 15.7. The van der Waals surface area contributed by atoms with Gasteiger partial charge in [0, 0.05) is 32.1 Å². The number of carbonyl (C=O) groups excluding carboxylic acids is 1. The first-order valence-corrected chi connectivity index (χ1v) is 6.79. The van der Waals surface area contributed by atoms with Gasteiger partial charge >= 0.3 is 0 Å². The van der Waals surface area contributed by atoms with Crippen molar-refractivity contribution < 1.29 is 4.79 Å². The van der Waals surface area contributed by atoms with Crippen molar-refractivity contribution in [1.29, 1.82) is 0 Å². The second-order valence-corrected chi connectivity index (χ2v) is 4.58. The summed E-state index contributed by atoms with van der Waals surface area (Å²) in [5.41, 5.74) is 0. The Morgan fingerprint density at radius 2 is 1.67 bits per heavy atom. The quantitative estimate of drug-likeness (QED) is 0.474. The number of rotatable bonds is 7. The van der Waals surface area contributed by atoms with Crippen molar-refractivity contribution in [2.75, 3.05) is 13.6 Å². The van der Waals surface area contributed by atoms with Gasteiger partial charge < -0.3 is 16.0 Å². The van der Waals surface area contributed by atoms with E-state index >= 15 is 0 Å².